The van der Waals surface area contributed by atoms with Crippen molar-refractivity contribution >= 4 is 50.5 Å². The maximum absolute atomic E-state index is 12.7. The molecule has 170 valence electrons. The van der Waals surface area contributed by atoms with E-state index < -0.39 is 15.9 Å². The topological polar surface area (TPSA) is 95.6 Å². The number of sulfonamides is 1. The molecule has 3 aromatic rings. The summed E-state index contributed by atoms with van der Waals surface area (Å²) in [6, 6.07) is 19.8. The first-order chi connectivity index (χ1) is 15.7. The van der Waals surface area contributed by atoms with Gasteiger partial charge in [0.25, 0.3) is 10.0 Å². The number of amides is 2. The minimum atomic E-state index is -3.81. The minimum Gasteiger partial charge on any atom is -0.326 e. The second kappa shape index (κ2) is 9.25. The van der Waals surface area contributed by atoms with Gasteiger partial charge in [-0.15, -0.1) is 0 Å². The summed E-state index contributed by atoms with van der Waals surface area (Å²) < 4.78 is 27.7. The van der Waals surface area contributed by atoms with Crippen molar-refractivity contribution in [1.82, 2.24) is 0 Å². The second-order valence-corrected chi connectivity index (χ2v) is 9.99. The van der Waals surface area contributed by atoms with Gasteiger partial charge in [-0.3, -0.25) is 14.3 Å². The number of nitrogens with zero attached hydrogens (tertiary/aromatic N) is 1. The smallest absolute Gasteiger partial charge is 0.261 e. The molecular weight excluding hydrogens is 462 g/mol. The highest BCUT2D eigenvalue weighted by molar-refractivity contribution is 7.92. The fourth-order valence-corrected chi connectivity index (χ4v) is 4.90. The zero-order valence-electron chi connectivity index (χ0n) is 17.8. The first-order valence-electron chi connectivity index (χ1n) is 10.3. The highest BCUT2D eigenvalue weighted by Crippen LogP contribution is 2.27. The van der Waals surface area contributed by atoms with Crippen molar-refractivity contribution in [3.8, 4) is 0 Å². The monoisotopic (exact) mass is 483 g/mol. The lowest BCUT2D eigenvalue weighted by atomic mass is 10.1. The van der Waals surface area contributed by atoms with Crippen molar-refractivity contribution in [3.63, 3.8) is 0 Å². The molecule has 0 aliphatic carbocycles. The van der Waals surface area contributed by atoms with E-state index in [9.17, 15) is 18.0 Å². The van der Waals surface area contributed by atoms with Crippen molar-refractivity contribution in [2.24, 2.45) is 5.92 Å². The average molecular weight is 484 g/mol. The van der Waals surface area contributed by atoms with E-state index in [1.807, 2.05) is 31.2 Å². The molecule has 1 saturated heterocycles. The van der Waals surface area contributed by atoms with Crippen molar-refractivity contribution < 1.29 is 18.0 Å². The molecule has 1 aliphatic heterocycles. The van der Waals surface area contributed by atoms with Crippen molar-refractivity contribution in [2.75, 3.05) is 21.5 Å². The van der Waals surface area contributed by atoms with E-state index in [0.717, 1.165) is 11.3 Å². The van der Waals surface area contributed by atoms with Gasteiger partial charge in [-0.25, -0.2) is 8.42 Å². The summed E-state index contributed by atoms with van der Waals surface area (Å²) in [4.78, 5) is 26.8. The highest BCUT2D eigenvalue weighted by Gasteiger charge is 2.35. The van der Waals surface area contributed by atoms with Gasteiger partial charge in [-0.1, -0.05) is 29.8 Å². The third-order valence-electron chi connectivity index (χ3n) is 5.32. The van der Waals surface area contributed by atoms with Crippen LogP contribution >= 0.6 is 11.6 Å². The fraction of sp³-hybridized carbons (Fsp3) is 0.167. The van der Waals surface area contributed by atoms with Crippen LogP contribution in [-0.4, -0.2) is 26.8 Å². The Hall–Kier alpha value is -3.36. The average Bonchev–Trinajstić information content (AvgIpc) is 3.16. The molecular formula is C24H22ClN3O4S. The number of anilines is 3. The Labute approximate surface area is 197 Å². The van der Waals surface area contributed by atoms with E-state index in [0.29, 0.717) is 22.9 Å². The van der Waals surface area contributed by atoms with Gasteiger partial charge in [-0.05, 0) is 67.1 Å². The molecule has 1 unspecified atom stereocenters. The molecule has 2 N–H and O–H groups in total. The summed E-state index contributed by atoms with van der Waals surface area (Å²) in [7, 11) is -3.81. The standard InChI is InChI=1S/C24H22ClN3O4S/c1-16-4-2-7-21(12-16)28-15-17(13-23(28)29)24(30)26-19-8-10-22(11-9-19)33(31,32)27-20-6-3-5-18(25)14-20/h2-12,14,17,27H,13,15H2,1H3,(H,26,30). The van der Waals surface area contributed by atoms with Gasteiger partial charge < -0.3 is 10.2 Å². The molecule has 4 rings (SSSR count). The Bertz CT molecular complexity index is 1310. The van der Waals surface area contributed by atoms with E-state index in [1.54, 1.807) is 23.1 Å². The lowest BCUT2D eigenvalue weighted by Crippen LogP contribution is -2.28. The van der Waals surface area contributed by atoms with Gasteiger partial charge in [0.1, 0.15) is 0 Å². The van der Waals surface area contributed by atoms with Crippen LogP contribution in [0.4, 0.5) is 17.1 Å². The number of carbonyl (C=O) groups is 2. The summed E-state index contributed by atoms with van der Waals surface area (Å²) in [5.41, 5.74) is 2.61. The third-order valence-corrected chi connectivity index (χ3v) is 6.95. The lowest BCUT2D eigenvalue weighted by Gasteiger charge is -2.17. The summed E-state index contributed by atoms with van der Waals surface area (Å²) in [5, 5.41) is 3.19. The van der Waals surface area contributed by atoms with Crippen LogP contribution < -0.4 is 14.9 Å². The summed E-state index contributed by atoms with van der Waals surface area (Å²) in [6.45, 7) is 2.24. The summed E-state index contributed by atoms with van der Waals surface area (Å²) >= 11 is 5.90. The summed E-state index contributed by atoms with van der Waals surface area (Å²) in [6.07, 6.45) is 0.121. The number of carbonyl (C=O) groups excluding carboxylic acids is 2. The van der Waals surface area contributed by atoms with Gasteiger partial charge >= 0.3 is 0 Å². The molecule has 1 aliphatic rings. The van der Waals surface area contributed by atoms with Crippen molar-refractivity contribution in [2.45, 2.75) is 18.2 Å². The van der Waals surface area contributed by atoms with Crippen LogP contribution in [0.1, 0.15) is 12.0 Å². The minimum absolute atomic E-state index is 0.0436. The van der Waals surface area contributed by atoms with Crippen LogP contribution in [0.3, 0.4) is 0 Å². The molecule has 7 nitrogen and oxygen atoms in total. The molecule has 0 aromatic heterocycles. The van der Waals surface area contributed by atoms with Gasteiger partial charge in [-0.2, -0.15) is 0 Å². The number of halogens is 1. The lowest BCUT2D eigenvalue weighted by molar-refractivity contribution is -0.122. The number of nitrogens with one attached hydrogen (secondary N) is 2. The molecule has 0 bridgehead atoms. The third kappa shape index (κ3) is 5.35. The van der Waals surface area contributed by atoms with Crippen molar-refractivity contribution in [3.05, 3.63) is 83.4 Å². The number of hydrogen-bond acceptors (Lipinski definition) is 4. The maximum Gasteiger partial charge on any atom is 0.261 e. The molecule has 2 amide bonds. The predicted molar refractivity (Wildman–Crippen MR) is 129 cm³/mol. The molecule has 1 fully saturated rings. The molecule has 0 saturated carbocycles. The van der Waals surface area contributed by atoms with Crippen LogP contribution in [0.25, 0.3) is 0 Å². The van der Waals surface area contributed by atoms with Gasteiger partial charge in [0, 0.05) is 29.4 Å². The highest BCUT2D eigenvalue weighted by atomic mass is 35.5. The molecule has 1 heterocycles. The zero-order chi connectivity index (χ0) is 23.6. The van der Waals surface area contributed by atoms with Crippen LogP contribution in [0.15, 0.2) is 77.7 Å². The van der Waals surface area contributed by atoms with Crippen molar-refractivity contribution in [1.29, 1.82) is 0 Å². The fourth-order valence-electron chi connectivity index (χ4n) is 3.66. The first-order valence-corrected chi connectivity index (χ1v) is 12.1. The number of aryl methyl sites for hydroxylation is 1. The van der Waals surface area contributed by atoms with Gasteiger partial charge in [0.2, 0.25) is 11.8 Å². The van der Waals surface area contributed by atoms with Gasteiger partial charge in [0.05, 0.1) is 16.5 Å². The number of rotatable bonds is 6. The van der Waals surface area contributed by atoms with Crippen LogP contribution in [0.5, 0.6) is 0 Å². The van der Waals surface area contributed by atoms with E-state index in [1.165, 1.54) is 30.3 Å². The Morgan fingerprint density at radius 2 is 1.73 bits per heavy atom. The molecule has 0 radical (unpaired) electrons. The summed E-state index contributed by atoms with van der Waals surface area (Å²) in [5.74, 6) is -0.883. The number of hydrogen-bond donors (Lipinski definition) is 2. The second-order valence-electron chi connectivity index (χ2n) is 7.87. The molecule has 3 aromatic carbocycles. The quantitative estimate of drug-likeness (QED) is 0.541. The Morgan fingerprint density at radius 1 is 1.00 bits per heavy atom. The van der Waals surface area contributed by atoms with E-state index in [2.05, 4.69) is 10.0 Å². The molecule has 0 spiro atoms. The molecule has 9 heteroatoms. The zero-order valence-corrected chi connectivity index (χ0v) is 19.4. The van der Waals surface area contributed by atoms with Crippen LogP contribution in [0, 0.1) is 12.8 Å². The Kier molecular flexibility index (Phi) is 6.40. The van der Waals surface area contributed by atoms with E-state index >= 15 is 0 Å². The normalized spacial score (nSPS) is 16.0. The predicted octanol–water partition coefficient (Wildman–Crippen LogP) is 4.44. The SMILES string of the molecule is Cc1cccc(N2CC(C(=O)Nc3ccc(S(=O)(=O)Nc4cccc(Cl)c4)cc3)CC2=O)c1. The van der Waals surface area contributed by atoms with Crippen LogP contribution in [-0.2, 0) is 19.6 Å². The van der Waals surface area contributed by atoms with Crippen LogP contribution in [0.2, 0.25) is 5.02 Å². The van der Waals surface area contributed by atoms with E-state index in [4.69, 9.17) is 11.6 Å². The Balaban J connectivity index is 1.40. The largest absolute Gasteiger partial charge is 0.326 e. The number of benzene rings is 3. The first kappa shape index (κ1) is 22.8. The van der Waals surface area contributed by atoms with Gasteiger partial charge in [0.15, 0.2) is 0 Å². The molecule has 1 atom stereocenters. The van der Waals surface area contributed by atoms with E-state index in [-0.39, 0.29) is 23.1 Å². The maximum atomic E-state index is 12.7. The molecule has 33 heavy (non-hydrogen) atoms. The Morgan fingerprint density at radius 3 is 2.42 bits per heavy atom.